The van der Waals surface area contributed by atoms with Crippen LogP contribution in [0.15, 0.2) is 30.3 Å². The molecule has 134 valence electrons. The summed E-state index contributed by atoms with van der Waals surface area (Å²) in [7, 11) is 1.47. The number of carbonyl (C=O) groups excluding carboxylic acids is 1. The molecule has 25 heavy (non-hydrogen) atoms. The number of hydrogen-bond donors (Lipinski definition) is 2. The third-order valence-corrected chi connectivity index (χ3v) is 3.80. The molecule has 0 bridgehead atoms. The van der Waals surface area contributed by atoms with Crippen LogP contribution in [0.5, 0.6) is 0 Å². The van der Waals surface area contributed by atoms with E-state index >= 15 is 0 Å². The number of methoxy groups -OCH3 is 1. The molecule has 7 heteroatoms. The van der Waals surface area contributed by atoms with Crippen molar-refractivity contribution >= 4 is 11.9 Å². The molecule has 0 spiro atoms. The van der Waals surface area contributed by atoms with Crippen molar-refractivity contribution in [2.75, 3.05) is 13.7 Å². The largest absolute Gasteiger partial charge is 0.481 e. The number of hydrogen-bond acceptors (Lipinski definition) is 4. The number of amides is 1. The van der Waals surface area contributed by atoms with Gasteiger partial charge >= 0.3 is 5.97 Å². The molecule has 0 aliphatic rings. The van der Waals surface area contributed by atoms with Crippen LogP contribution in [0, 0.1) is 13.8 Å². The lowest BCUT2D eigenvalue weighted by Gasteiger charge is -2.28. The normalized spacial score (nSPS) is 13.3. The van der Waals surface area contributed by atoms with Gasteiger partial charge in [0, 0.05) is 18.4 Å². The van der Waals surface area contributed by atoms with Gasteiger partial charge in [0.25, 0.3) is 5.91 Å². The fraction of sp³-hybridized carbons (Fsp3) is 0.389. The van der Waals surface area contributed by atoms with Crippen LogP contribution in [0.2, 0.25) is 0 Å². The molecule has 1 heterocycles. The first kappa shape index (κ1) is 18.7. The lowest BCUT2D eigenvalue weighted by atomic mass is 9.98. The van der Waals surface area contributed by atoms with Gasteiger partial charge in [-0.3, -0.25) is 9.59 Å². The van der Waals surface area contributed by atoms with Crippen molar-refractivity contribution in [3.05, 3.63) is 47.3 Å². The molecule has 2 aromatic rings. The Hall–Kier alpha value is -2.67. The van der Waals surface area contributed by atoms with Gasteiger partial charge in [-0.1, -0.05) is 0 Å². The maximum Gasteiger partial charge on any atom is 0.305 e. The molecule has 0 fully saturated rings. The van der Waals surface area contributed by atoms with Crippen LogP contribution in [0.3, 0.4) is 0 Å². The summed E-state index contributed by atoms with van der Waals surface area (Å²) in [6, 6.07) is 8.96. The Kier molecular flexibility index (Phi) is 5.58. The predicted octanol–water partition coefficient (Wildman–Crippen LogP) is 2.10. The van der Waals surface area contributed by atoms with Crippen LogP contribution in [0.1, 0.15) is 35.1 Å². The quantitative estimate of drug-likeness (QED) is 0.801. The lowest BCUT2D eigenvalue weighted by molar-refractivity contribution is -0.139. The number of aliphatic carboxylic acids is 1. The average Bonchev–Trinajstić information content (AvgIpc) is 2.85. The molecular formula is C18H23N3O4. The molecule has 1 atom stereocenters. The van der Waals surface area contributed by atoms with Crippen molar-refractivity contribution in [2.24, 2.45) is 0 Å². The summed E-state index contributed by atoms with van der Waals surface area (Å²) in [5.74, 6) is -1.35. The summed E-state index contributed by atoms with van der Waals surface area (Å²) in [5, 5.41) is 16.2. The topological polar surface area (TPSA) is 93.5 Å². The minimum atomic E-state index is -1.00. The predicted molar refractivity (Wildman–Crippen MR) is 93.0 cm³/mol. The second-order valence-electron chi connectivity index (χ2n) is 6.40. The van der Waals surface area contributed by atoms with Crippen LogP contribution < -0.4 is 5.32 Å². The molecule has 0 radical (unpaired) electrons. The van der Waals surface area contributed by atoms with Gasteiger partial charge in [-0.15, -0.1) is 0 Å². The Morgan fingerprint density at radius 2 is 1.92 bits per heavy atom. The van der Waals surface area contributed by atoms with E-state index in [1.165, 1.54) is 7.11 Å². The van der Waals surface area contributed by atoms with Gasteiger partial charge in [0.1, 0.15) is 0 Å². The SMILES string of the molecule is COCC(C)(CC(=O)O)NC(=O)c1ccc(-n2nc(C)cc2C)cc1. The molecule has 0 aliphatic carbocycles. The summed E-state index contributed by atoms with van der Waals surface area (Å²) >= 11 is 0. The van der Waals surface area contributed by atoms with E-state index in [1.807, 2.05) is 19.9 Å². The summed E-state index contributed by atoms with van der Waals surface area (Å²) in [4.78, 5) is 23.5. The molecular weight excluding hydrogens is 322 g/mol. The zero-order chi connectivity index (χ0) is 18.6. The molecule has 1 aromatic carbocycles. The highest BCUT2D eigenvalue weighted by Gasteiger charge is 2.30. The second kappa shape index (κ2) is 7.48. The van der Waals surface area contributed by atoms with Gasteiger partial charge in [-0.05, 0) is 51.1 Å². The third-order valence-electron chi connectivity index (χ3n) is 3.80. The monoisotopic (exact) mass is 345 g/mol. The number of nitrogens with zero attached hydrogens (tertiary/aromatic N) is 2. The Bertz CT molecular complexity index is 767. The van der Waals surface area contributed by atoms with E-state index < -0.39 is 11.5 Å². The van der Waals surface area contributed by atoms with Crippen molar-refractivity contribution in [2.45, 2.75) is 32.7 Å². The van der Waals surface area contributed by atoms with Crippen molar-refractivity contribution < 1.29 is 19.4 Å². The highest BCUT2D eigenvalue weighted by atomic mass is 16.5. The van der Waals surface area contributed by atoms with E-state index in [9.17, 15) is 9.59 Å². The summed E-state index contributed by atoms with van der Waals surface area (Å²) < 4.78 is 6.85. The maximum absolute atomic E-state index is 12.5. The maximum atomic E-state index is 12.5. The van der Waals surface area contributed by atoms with Gasteiger partial charge in [-0.25, -0.2) is 4.68 Å². The molecule has 1 aromatic heterocycles. The Morgan fingerprint density at radius 1 is 1.28 bits per heavy atom. The summed E-state index contributed by atoms with van der Waals surface area (Å²) in [5.41, 5.74) is 2.24. The second-order valence-corrected chi connectivity index (χ2v) is 6.40. The van der Waals surface area contributed by atoms with Crippen molar-refractivity contribution in [3.63, 3.8) is 0 Å². The zero-order valence-corrected chi connectivity index (χ0v) is 14.9. The minimum Gasteiger partial charge on any atom is -0.481 e. The van der Waals surface area contributed by atoms with E-state index in [0.29, 0.717) is 5.56 Å². The molecule has 2 N–H and O–H groups in total. The Labute approximate surface area is 146 Å². The van der Waals surface area contributed by atoms with Crippen LogP contribution in [0.25, 0.3) is 5.69 Å². The van der Waals surface area contributed by atoms with Crippen LogP contribution >= 0.6 is 0 Å². The third kappa shape index (κ3) is 4.67. The van der Waals surface area contributed by atoms with Gasteiger partial charge < -0.3 is 15.2 Å². The number of ether oxygens (including phenoxy) is 1. The Balaban J connectivity index is 2.17. The van der Waals surface area contributed by atoms with Crippen molar-refractivity contribution in [1.29, 1.82) is 0 Å². The molecule has 0 saturated heterocycles. The number of carboxylic acids is 1. The fourth-order valence-corrected chi connectivity index (χ4v) is 2.77. The number of aromatic nitrogens is 2. The highest BCUT2D eigenvalue weighted by Crippen LogP contribution is 2.15. The molecule has 2 rings (SSSR count). The van der Waals surface area contributed by atoms with Gasteiger partial charge in [0.15, 0.2) is 0 Å². The fourth-order valence-electron chi connectivity index (χ4n) is 2.77. The number of carbonyl (C=O) groups is 2. The van der Waals surface area contributed by atoms with E-state index in [4.69, 9.17) is 9.84 Å². The van der Waals surface area contributed by atoms with Crippen molar-refractivity contribution in [3.8, 4) is 5.69 Å². The van der Waals surface area contributed by atoms with Crippen LogP contribution in [0.4, 0.5) is 0 Å². The van der Waals surface area contributed by atoms with Crippen LogP contribution in [-0.4, -0.2) is 46.0 Å². The molecule has 1 amide bonds. The molecule has 0 aliphatic heterocycles. The first-order valence-electron chi connectivity index (χ1n) is 7.91. The Morgan fingerprint density at radius 3 is 2.40 bits per heavy atom. The summed E-state index contributed by atoms with van der Waals surface area (Å²) in [6.45, 7) is 5.63. The molecule has 7 nitrogen and oxygen atoms in total. The van der Waals surface area contributed by atoms with Gasteiger partial charge in [0.2, 0.25) is 0 Å². The van der Waals surface area contributed by atoms with E-state index in [-0.39, 0.29) is 18.9 Å². The smallest absolute Gasteiger partial charge is 0.305 e. The van der Waals surface area contributed by atoms with Gasteiger partial charge in [0.05, 0.1) is 29.9 Å². The van der Waals surface area contributed by atoms with E-state index in [0.717, 1.165) is 17.1 Å². The summed E-state index contributed by atoms with van der Waals surface area (Å²) in [6.07, 6.45) is -0.226. The van der Waals surface area contributed by atoms with Gasteiger partial charge in [-0.2, -0.15) is 5.10 Å². The number of aryl methyl sites for hydroxylation is 2. The van der Waals surface area contributed by atoms with Crippen LogP contribution in [-0.2, 0) is 9.53 Å². The minimum absolute atomic E-state index is 0.106. The first-order valence-corrected chi connectivity index (χ1v) is 7.91. The van der Waals surface area contributed by atoms with E-state index in [2.05, 4.69) is 10.4 Å². The zero-order valence-electron chi connectivity index (χ0n) is 14.9. The average molecular weight is 345 g/mol. The molecule has 1 unspecified atom stereocenters. The van der Waals surface area contributed by atoms with Crippen molar-refractivity contribution in [1.82, 2.24) is 15.1 Å². The lowest BCUT2D eigenvalue weighted by Crippen LogP contribution is -2.50. The standard InChI is InChI=1S/C18H23N3O4/c1-12-9-13(2)21(20-12)15-7-5-14(6-8-15)17(24)19-18(3,11-25-4)10-16(22)23/h5-9H,10-11H2,1-4H3,(H,19,24)(H,22,23). The number of carboxylic acid groups (broad SMARTS) is 1. The molecule has 0 saturated carbocycles. The van der Waals surface area contributed by atoms with E-state index in [1.54, 1.807) is 35.9 Å². The number of rotatable bonds is 7. The highest BCUT2D eigenvalue weighted by molar-refractivity contribution is 5.95. The number of benzene rings is 1. The number of nitrogens with one attached hydrogen (secondary N) is 1. The first-order chi connectivity index (χ1) is 11.7.